The Bertz CT molecular complexity index is 1030. The number of fused-ring (bicyclic) bond motifs is 2. The third kappa shape index (κ3) is 3.41. The average Bonchev–Trinajstić information content (AvgIpc) is 3.43. The van der Waals surface area contributed by atoms with Gasteiger partial charge in [-0.2, -0.15) is 0 Å². The average molecular weight is 427 g/mol. The van der Waals surface area contributed by atoms with Gasteiger partial charge in [-0.1, -0.05) is 18.2 Å². The Labute approximate surface area is 179 Å². The molecule has 1 heterocycles. The summed E-state index contributed by atoms with van der Waals surface area (Å²) in [4.78, 5) is 37.3. The molecule has 30 heavy (non-hydrogen) atoms. The maximum Gasteiger partial charge on any atom is 0.341 e. The number of aliphatic carboxylic acids is 1. The van der Waals surface area contributed by atoms with Crippen LogP contribution in [0.15, 0.2) is 23.6 Å². The molecule has 2 fully saturated rings. The van der Waals surface area contributed by atoms with Gasteiger partial charge in [0.15, 0.2) is 0 Å². The van der Waals surface area contributed by atoms with Gasteiger partial charge in [0.05, 0.1) is 7.11 Å². The Morgan fingerprint density at radius 1 is 1.10 bits per heavy atom. The number of hydrogen-bond donors (Lipinski definition) is 1. The second-order valence-electron chi connectivity index (χ2n) is 8.34. The van der Waals surface area contributed by atoms with Gasteiger partial charge in [-0.3, -0.25) is 4.79 Å². The lowest BCUT2D eigenvalue weighted by Gasteiger charge is -2.30. The number of thiophene rings is 1. The Morgan fingerprint density at radius 2 is 1.80 bits per heavy atom. The van der Waals surface area contributed by atoms with E-state index in [1.807, 2.05) is 37.4 Å². The van der Waals surface area contributed by atoms with Gasteiger partial charge >= 0.3 is 5.97 Å². The molecule has 1 amide bonds. The first-order chi connectivity index (χ1) is 14.3. The summed E-state index contributed by atoms with van der Waals surface area (Å²) in [5.74, 6) is -3.36. The van der Waals surface area contributed by atoms with Crippen LogP contribution < -0.4 is 10.4 Å². The summed E-state index contributed by atoms with van der Waals surface area (Å²) >= 11 is 1.25. The van der Waals surface area contributed by atoms with Crippen molar-refractivity contribution in [2.75, 3.05) is 12.4 Å². The molecule has 158 valence electrons. The van der Waals surface area contributed by atoms with Gasteiger partial charge in [-0.15, -0.1) is 11.3 Å². The third-order valence-corrected chi connectivity index (χ3v) is 7.62. The van der Waals surface area contributed by atoms with E-state index in [0.29, 0.717) is 16.1 Å². The Balaban J connectivity index is 1.67. The molecule has 0 radical (unpaired) electrons. The van der Waals surface area contributed by atoms with E-state index in [1.54, 1.807) is 0 Å². The highest BCUT2D eigenvalue weighted by Gasteiger charge is 2.51. The van der Waals surface area contributed by atoms with Crippen molar-refractivity contribution in [1.29, 1.82) is 0 Å². The number of ether oxygens (including phenoxy) is 1. The van der Waals surface area contributed by atoms with Crippen molar-refractivity contribution in [2.24, 2.45) is 23.7 Å². The minimum Gasteiger partial charge on any atom is -0.550 e. The van der Waals surface area contributed by atoms with Gasteiger partial charge in [-0.25, -0.2) is 4.79 Å². The van der Waals surface area contributed by atoms with Gasteiger partial charge in [-0.05, 0) is 61.6 Å². The van der Waals surface area contributed by atoms with Crippen LogP contribution in [0.25, 0.3) is 11.1 Å². The fourth-order valence-electron chi connectivity index (χ4n) is 5.08. The summed E-state index contributed by atoms with van der Waals surface area (Å²) in [6.07, 6.45) is 2.43. The molecular weight excluding hydrogens is 402 g/mol. The third-order valence-electron chi connectivity index (χ3n) is 6.73. The normalized spacial score (nSPS) is 24.6. The number of benzene rings is 1. The quantitative estimate of drug-likeness (QED) is 0.741. The minimum absolute atomic E-state index is 0.00487. The number of carboxylic acids is 1. The molecule has 6 nitrogen and oxygen atoms in total. The van der Waals surface area contributed by atoms with Gasteiger partial charge in [0.2, 0.25) is 5.91 Å². The number of rotatable bonds is 5. The highest BCUT2D eigenvalue weighted by molar-refractivity contribution is 7.15. The molecule has 2 aliphatic rings. The largest absolute Gasteiger partial charge is 0.550 e. The van der Waals surface area contributed by atoms with Crippen molar-refractivity contribution in [2.45, 2.75) is 33.1 Å². The van der Waals surface area contributed by atoms with Crippen LogP contribution in [0, 0.1) is 37.5 Å². The number of carbonyl (C=O) groups is 3. The van der Waals surface area contributed by atoms with Gasteiger partial charge in [0.25, 0.3) is 0 Å². The number of nitrogens with one attached hydrogen (secondary N) is 1. The zero-order chi connectivity index (χ0) is 21.6. The lowest BCUT2D eigenvalue weighted by atomic mass is 9.78. The first kappa shape index (κ1) is 20.6. The monoisotopic (exact) mass is 426 g/mol. The molecule has 0 saturated heterocycles. The zero-order valence-corrected chi connectivity index (χ0v) is 18.0. The van der Waals surface area contributed by atoms with Gasteiger partial charge in [0.1, 0.15) is 10.6 Å². The summed E-state index contributed by atoms with van der Waals surface area (Å²) < 4.78 is 4.98. The highest BCUT2D eigenvalue weighted by atomic mass is 32.1. The molecule has 4 atom stereocenters. The number of anilines is 1. The van der Waals surface area contributed by atoms with E-state index in [4.69, 9.17) is 4.74 Å². The molecule has 0 aliphatic heterocycles. The zero-order valence-electron chi connectivity index (χ0n) is 17.2. The molecule has 2 aliphatic carbocycles. The minimum atomic E-state index is -1.16. The standard InChI is InChI=1S/C23H25NO5S/c1-11-4-5-13(8-12(11)2)16-10-30-21(19(16)23(28)29-3)24-20(25)17-14-6-7-15(9-14)18(17)22(26)27/h4-5,8,10,14-15,17-18H,6-7,9H2,1-3H3,(H,24,25)(H,26,27)/p-1/t14-,15-,17-,18+/m1/s1. The number of methoxy groups -OCH3 is 1. The second kappa shape index (κ2) is 7.87. The predicted molar refractivity (Wildman–Crippen MR) is 112 cm³/mol. The van der Waals surface area contributed by atoms with Crippen molar-refractivity contribution in [1.82, 2.24) is 0 Å². The fraction of sp³-hybridized carbons (Fsp3) is 0.435. The van der Waals surface area contributed by atoms with E-state index in [-0.39, 0.29) is 17.7 Å². The Morgan fingerprint density at radius 3 is 2.43 bits per heavy atom. The molecule has 2 bridgehead atoms. The summed E-state index contributed by atoms with van der Waals surface area (Å²) in [5, 5.41) is 16.7. The van der Waals surface area contributed by atoms with Crippen LogP contribution in [-0.2, 0) is 14.3 Å². The van der Waals surface area contributed by atoms with Gasteiger partial charge in [0, 0.05) is 28.7 Å². The van der Waals surface area contributed by atoms with Crippen LogP contribution in [0.4, 0.5) is 5.00 Å². The maximum atomic E-state index is 13.1. The number of amides is 1. The maximum absolute atomic E-state index is 13.1. The van der Waals surface area contributed by atoms with Crippen molar-refractivity contribution < 1.29 is 24.2 Å². The van der Waals surface area contributed by atoms with Crippen LogP contribution in [0.3, 0.4) is 0 Å². The summed E-state index contributed by atoms with van der Waals surface area (Å²) in [6, 6.07) is 5.92. The van der Waals surface area contributed by atoms with E-state index in [0.717, 1.165) is 36.0 Å². The molecule has 0 spiro atoms. The lowest BCUT2D eigenvalue weighted by Crippen LogP contribution is -2.44. The summed E-state index contributed by atoms with van der Waals surface area (Å²) in [7, 11) is 1.30. The van der Waals surface area contributed by atoms with E-state index >= 15 is 0 Å². The molecule has 7 heteroatoms. The molecule has 1 aromatic heterocycles. The molecule has 1 N–H and O–H groups in total. The van der Waals surface area contributed by atoms with Crippen molar-refractivity contribution in [3.05, 3.63) is 40.3 Å². The first-order valence-corrected chi connectivity index (χ1v) is 11.0. The first-order valence-electron chi connectivity index (χ1n) is 10.1. The van der Waals surface area contributed by atoms with E-state index < -0.39 is 23.8 Å². The Kier molecular flexibility index (Phi) is 5.40. The number of aryl methyl sites for hydroxylation is 2. The molecular formula is C23H24NO5S-. The fourth-order valence-corrected chi connectivity index (χ4v) is 6.04. The van der Waals surface area contributed by atoms with Crippen LogP contribution in [0.1, 0.15) is 40.7 Å². The lowest BCUT2D eigenvalue weighted by molar-refractivity contribution is -0.314. The van der Waals surface area contributed by atoms with Crippen LogP contribution >= 0.6 is 11.3 Å². The second-order valence-corrected chi connectivity index (χ2v) is 9.22. The van der Waals surface area contributed by atoms with E-state index in [9.17, 15) is 19.5 Å². The highest BCUT2D eigenvalue weighted by Crippen LogP contribution is 2.52. The number of carbonyl (C=O) groups excluding carboxylic acids is 3. The SMILES string of the molecule is COC(=O)c1c(-c2ccc(C)c(C)c2)csc1NC(=O)[C@@H]1[C@@H]2CC[C@H](C2)[C@@H]1C(=O)[O-]. The van der Waals surface area contributed by atoms with Crippen molar-refractivity contribution in [3.63, 3.8) is 0 Å². The predicted octanol–water partition coefficient (Wildman–Crippen LogP) is 3.17. The number of esters is 1. The number of carboxylic acid groups (broad SMARTS) is 1. The van der Waals surface area contributed by atoms with E-state index in [1.165, 1.54) is 18.4 Å². The number of hydrogen-bond acceptors (Lipinski definition) is 6. The van der Waals surface area contributed by atoms with E-state index in [2.05, 4.69) is 5.32 Å². The van der Waals surface area contributed by atoms with Crippen LogP contribution in [0.2, 0.25) is 0 Å². The van der Waals surface area contributed by atoms with Crippen LogP contribution in [-0.4, -0.2) is 25.0 Å². The van der Waals surface area contributed by atoms with Crippen molar-refractivity contribution in [3.8, 4) is 11.1 Å². The Hall–Kier alpha value is -2.67. The smallest absolute Gasteiger partial charge is 0.341 e. The van der Waals surface area contributed by atoms with Crippen LogP contribution in [0.5, 0.6) is 0 Å². The van der Waals surface area contributed by atoms with Crippen molar-refractivity contribution >= 4 is 34.2 Å². The molecule has 1 aromatic carbocycles. The molecule has 2 aromatic rings. The summed E-state index contributed by atoms with van der Waals surface area (Å²) in [5.41, 5.74) is 4.09. The molecule has 4 rings (SSSR count). The van der Waals surface area contributed by atoms with Gasteiger partial charge < -0.3 is 20.0 Å². The summed E-state index contributed by atoms with van der Waals surface area (Å²) in [6.45, 7) is 4.02. The molecule has 2 saturated carbocycles. The molecule has 0 unspecified atom stereocenters. The topological polar surface area (TPSA) is 95.5 Å².